The van der Waals surface area contributed by atoms with Gasteiger partial charge in [0.1, 0.15) is 11.4 Å². The molecular weight excluding hydrogens is 329 g/mol. The molecule has 3 nitrogen and oxygen atoms in total. The Balaban J connectivity index is 1.90. The lowest BCUT2D eigenvalue weighted by atomic mass is 9.83. The number of piperidine rings is 1. The van der Waals surface area contributed by atoms with Crippen molar-refractivity contribution in [2.75, 3.05) is 0 Å². The first-order valence-electron chi connectivity index (χ1n) is 8.42. The molecule has 2 unspecified atom stereocenters. The summed E-state index contributed by atoms with van der Waals surface area (Å²) >= 11 is 6.03. The van der Waals surface area contributed by atoms with Crippen LogP contribution in [0.25, 0.3) is 5.57 Å². The maximum Gasteiger partial charge on any atom is 0.411 e. The lowest BCUT2D eigenvalue weighted by molar-refractivity contribution is 0.0000785. The van der Waals surface area contributed by atoms with E-state index in [1.54, 1.807) is 12.1 Å². The summed E-state index contributed by atoms with van der Waals surface area (Å²) in [6.07, 6.45) is 5.22. The number of amides is 1. The van der Waals surface area contributed by atoms with Gasteiger partial charge in [0, 0.05) is 16.6 Å². The number of hydrogen-bond acceptors (Lipinski definition) is 2. The monoisotopic (exact) mass is 351 g/mol. The van der Waals surface area contributed by atoms with Gasteiger partial charge in [-0.3, -0.25) is 4.90 Å². The topological polar surface area (TPSA) is 29.5 Å². The van der Waals surface area contributed by atoms with Gasteiger partial charge in [0.15, 0.2) is 0 Å². The van der Waals surface area contributed by atoms with Crippen molar-refractivity contribution < 1.29 is 13.9 Å². The third-order valence-corrected chi connectivity index (χ3v) is 4.75. The smallest absolute Gasteiger partial charge is 0.411 e. The number of rotatable bonds is 1. The predicted molar refractivity (Wildman–Crippen MR) is 93.5 cm³/mol. The van der Waals surface area contributed by atoms with Gasteiger partial charge in [-0.25, -0.2) is 9.18 Å². The summed E-state index contributed by atoms with van der Waals surface area (Å²) in [5, 5.41) is 0.520. The molecule has 2 bridgehead atoms. The van der Waals surface area contributed by atoms with Crippen LogP contribution in [0.15, 0.2) is 24.3 Å². The Hall–Kier alpha value is -1.55. The normalized spacial score (nSPS) is 23.7. The van der Waals surface area contributed by atoms with Crippen molar-refractivity contribution >= 4 is 23.3 Å². The molecule has 1 saturated heterocycles. The van der Waals surface area contributed by atoms with Gasteiger partial charge in [0.05, 0.1) is 6.04 Å². The summed E-state index contributed by atoms with van der Waals surface area (Å²) in [7, 11) is 0. The highest BCUT2D eigenvalue weighted by atomic mass is 35.5. The van der Waals surface area contributed by atoms with Crippen LogP contribution in [-0.2, 0) is 4.74 Å². The SMILES string of the molecule is CC(C)(C)OC(=O)N1C2C=C(c3cc(Cl)ccc3F)CC1CCC2. The van der Waals surface area contributed by atoms with Gasteiger partial charge in [0.2, 0.25) is 0 Å². The molecule has 0 radical (unpaired) electrons. The van der Waals surface area contributed by atoms with Gasteiger partial charge in [-0.05, 0) is 70.2 Å². The van der Waals surface area contributed by atoms with Crippen LogP contribution in [0.3, 0.4) is 0 Å². The van der Waals surface area contributed by atoms with Crippen molar-refractivity contribution in [3.63, 3.8) is 0 Å². The fourth-order valence-corrected chi connectivity index (χ4v) is 3.74. The van der Waals surface area contributed by atoms with E-state index in [0.717, 1.165) is 24.8 Å². The summed E-state index contributed by atoms with van der Waals surface area (Å²) in [6, 6.07) is 4.63. The molecule has 0 aromatic heterocycles. The minimum Gasteiger partial charge on any atom is -0.444 e. The summed E-state index contributed by atoms with van der Waals surface area (Å²) < 4.78 is 19.8. The minimum atomic E-state index is -0.519. The van der Waals surface area contributed by atoms with E-state index < -0.39 is 5.60 Å². The molecule has 1 aromatic rings. The highest BCUT2D eigenvalue weighted by Crippen LogP contribution is 2.39. The number of hydrogen-bond donors (Lipinski definition) is 0. The van der Waals surface area contributed by atoms with Crippen LogP contribution in [0.4, 0.5) is 9.18 Å². The second kappa shape index (κ2) is 6.40. The van der Waals surface area contributed by atoms with E-state index in [1.807, 2.05) is 31.7 Å². The second-order valence-corrected chi connectivity index (χ2v) is 8.00. The zero-order valence-electron chi connectivity index (χ0n) is 14.3. The number of halogens is 2. The Bertz CT molecular complexity index is 680. The molecule has 0 spiro atoms. The molecule has 2 aliphatic rings. The number of carbonyl (C=O) groups is 1. The van der Waals surface area contributed by atoms with Crippen LogP contribution in [0.5, 0.6) is 0 Å². The zero-order valence-corrected chi connectivity index (χ0v) is 15.1. The van der Waals surface area contributed by atoms with Crippen molar-refractivity contribution in [1.82, 2.24) is 4.90 Å². The van der Waals surface area contributed by atoms with Crippen LogP contribution in [0.1, 0.15) is 52.0 Å². The first-order valence-corrected chi connectivity index (χ1v) is 8.80. The van der Waals surface area contributed by atoms with E-state index >= 15 is 0 Å². The van der Waals surface area contributed by atoms with Gasteiger partial charge < -0.3 is 4.74 Å². The number of ether oxygens (including phenoxy) is 1. The molecule has 5 heteroatoms. The minimum absolute atomic E-state index is 0.0410. The molecule has 24 heavy (non-hydrogen) atoms. The summed E-state index contributed by atoms with van der Waals surface area (Å²) in [4.78, 5) is 14.4. The molecule has 1 amide bonds. The third kappa shape index (κ3) is 3.59. The van der Waals surface area contributed by atoms with Crippen LogP contribution in [0.2, 0.25) is 5.02 Å². The van der Waals surface area contributed by atoms with Crippen molar-refractivity contribution in [3.05, 3.63) is 40.7 Å². The van der Waals surface area contributed by atoms with Crippen molar-refractivity contribution in [1.29, 1.82) is 0 Å². The Morgan fingerprint density at radius 2 is 2.08 bits per heavy atom. The van der Waals surface area contributed by atoms with E-state index in [1.165, 1.54) is 6.07 Å². The van der Waals surface area contributed by atoms with E-state index in [9.17, 15) is 9.18 Å². The molecule has 2 atom stereocenters. The van der Waals surface area contributed by atoms with Gasteiger partial charge in [-0.15, -0.1) is 0 Å². The first-order chi connectivity index (χ1) is 11.2. The van der Waals surface area contributed by atoms with Gasteiger partial charge in [0.25, 0.3) is 0 Å². The standard InChI is InChI=1S/C19H23ClFNO2/c1-19(2,3)24-18(23)22-14-5-4-6-15(22)10-12(9-14)16-11-13(20)7-8-17(16)21/h7-9,11,14-15H,4-6,10H2,1-3H3. The molecule has 1 aromatic carbocycles. The molecule has 130 valence electrons. The van der Waals surface area contributed by atoms with E-state index in [2.05, 4.69) is 0 Å². The summed E-state index contributed by atoms with van der Waals surface area (Å²) in [5.74, 6) is -0.269. The molecule has 1 fully saturated rings. The van der Waals surface area contributed by atoms with Gasteiger partial charge >= 0.3 is 6.09 Å². The van der Waals surface area contributed by atoms with E-state index in [-0.39, 0.29) is 24.0 Å². The first kappa shape index (κ1) is 17.3. The Kier molecular flexibility index (Phi) is 4.60. The summed E-state index contributed by atoms with van der Waals surface area (Å²) in [6.45, 7) is 5.60. The molecule has 3 rings (SSSR count). The van der Waals surface area contributed by atoms with Crippen molar-refractivity contribution in [3.8, 4) is 0 Å². The van der Waals surface area contributed by atoms with Gasteiger partial charge in [-0.1, -0.05) is 17.7 Å². The zero-order chi connectivity index (χ0) is 17.5. The molecule has 2 heterocycles. The van der Waals surface area contributed by atoms with Crippen LogP contribution in [0, 0.1) is 5.82 Å². The molecule has 0 saturated carbocycles. The molecule has 0 N–H and O–H groups in total. The highest BCUT2D eigenvalue weighted by Gasteiger charge is 2.39. The van der Waals surface area contributed by atoms with Crippen molar-refractivity contribution in [2.24, 2.45) is 0 Å². The quantitative estimate of drug-likeness (QED) is 0.675. The fourth-order valence-electron chi connectivity index (χ4n) is 3.57. The number of fused-ring (bicyclic) bond motifs is 2. The fraction of sp³-hybridized carbons (Fsp3) is 0.526. The highest BCUT2D eigenvalue weighted by molar-refractivity contribution is 6.30. The lowest BCUT2D eigenvalue weighted by Crippen LogP contribution is -2.53. The van der Waals surface area contributed by atoms with Crippen LogP contribution >= 0.6 is 11.6 Å². The number of benzene rings is 1. The predicted octanol–water partition coefficient (Wildman–Crippen LogP) is 5.42. The van der Waals surface area contributed by atoms with Crippen LogP contribution in [-0.4, -0.2) is 28.7 Å². The molecule has 0 aliphatic carbocycles. The average Bonchev–Trinajstić information content (AvgIpc) is 2.46. The van der Waals surface area contributed by atoms with Gasteiger partial charge in [-0.2, -0.15) is 0 Å². The second-order valence-electron chi connectivity index (χ2n) is 7.56. The Morgan fingerprint density at radius 1 is 1.33 bits per heavy atom. The molecular formula is C19H23ClFNO2. The maximum atomic E-state index is 14.2. The maximum absolute atomic E-state index is 14.2. The van der Waals surface area contributed by atoms with E-state index in [4.69, 9.17) is 16.3 Å². The number of nitrogens with zero attached hydrogens (tertiary/aromatic N) is 1. The van der Waals surface area contributed by atoms with Crippen LogP contribution < -0.4 is 0 Å². The molecule has 2 aliphatic heterocycles. The van der Waals surface area contributed by atoms with E-state index in [0.29, 0.717) is 17.0 Å². The third-order valence-electron chi connectivity index (χ3n) is 4.52. The largest absolute Gasteiger partial charge is 0.444 e. The Morgan fingerprint density at radius 3 is 2.75 bits per heavy atom. The lowest BCUT2D eigenvalue weighted by Gasteiger charge is -2.45. The Labute approximate surface area is 147 Å². The summed E-state index contributed by atoms with van der Waals surface area (Å²) in [5.41, 5.74) is 0.960. The average molecular weight is 352 g/mol. The van der Waals surface area contributed by atoms with Crippen molar-refractivity contribution in [2.45, 2.75) is 64.1 Å². The number of carbonyl (C=O) groups excluding carboxylic acids is 1.